The standard InChI is InChI=1S/C19H19FN2O/c1-2-17-9-10-18(23-17)13-22-19(15-4-3-11-21-12-15)14-5-7-16(20)8-6-14/h3-12,19,22H,2,13H2,1H3. The largest absolute Gasteiger partial charge is 0.465 e. The number of aromatic nitrogens is 1. The molecule has 0 aliphatic heterocycles. The van der Waals surface area contributed by atoms with Crippen molar-refractivity contribution in [3.63, 3.8) is 0 Å². The first-order chi connectivity index (χ1) is 11.3. The summed E-state index contributed by atoms with van der Waals surface area (Å²) >= 11 is 0. The van der Waals surface area contributed by atoms with Gasteiger partial charge in [-0.1, -0.05) is 25.1 Å². The summed E-state index contributed by atoms with van der Waals surface area (Å²) in [4.78, 5) is 4.18. The number of rotatable bonds is 6. The van der Waals surface area contributed by atoms with E-state index in [-0.39, 0.29) is 11.9 Å². The number of hydrogen-bond donors (Lipinski definition) is 1. The Labute approximate surface area is 135 Å². The number of nitrogens with one attached hydrogen (secondary N) is 1. The molecule has 0 amide bonds. The first-order valence-electron chi connectivity index (χ1n) is 7.72. The van der Waals surface area contributed by atoms with Crippen LogP contribution in [0.1, 0.15) is 35.6 Å². The SMILES string of the molecule is CCc1ccc(CNC(c2ccc(F)cc2)c2cccnc2)o1. The number of hydrogen-bond acceptors (Lipinski definition) is 3. The molecule has 0 bridgehead atoms. The van der Waals surface area contributed by atoms with Crippen molar-refractivity contribution >= 4 is 0 Å². The molecule has 0 saturated heterocycles. The zero-order valence-corrected chi connectivity index (χ0v) is 13.0. The summed E-state index contributed by atoms with van der Waals surface area (Å²) in [7, 11) is 0. The van der Waals surface area contributed by atoms with Gasteiger partial charge < -0.3 is 4.42 Å². The fourth-order valence-electron chi connectivity index (χ4n) is 2.54. The van der Waals surface area contributed by atoms with Gasteiger partial charge >= 0.3 is 0 Å². The maximum Gasteiger partial charge on any atom is 0.123 e. The Morgan fingerprint density at radius 2 is 1.83 bits per heavy atom. The molecule has 3 rings (SSSR count). The van der Waals surface area contributed by atoms with Gasteiger partial charge in [-0.3, -0.25) is 10.3 Å². The summed E-state index contributed by atoms with van der Waals surface area (Å²) in [5.74, 6) is 1.62. The summed E-state index contributed by atoms with van der Waals surface area (Å²) in [5.41, 5.74) is 2.02. The van der Waals surface area contributed by atoms with Crippen LogP contribution in [0.25, 0.3) is 0 Å². The fraction of sp³-hybridized carbons (Fsp3) is 0.211. The van der Waals surface area contributed by atoms with Crippen molar-refractivity contribution in [3.05, 3.63) is 89.4 Å². The Kier molecular flexibility index (Phi) is 4.83. The van der Waals surface area contributed by atoms with E-state index in [1.165, 1.54) is 12.1 Å². The van der Waals surface area contributed by atoms with E-state index >= 15 is 0 Å². The number of benzene rings is 1. The highest BCUT2D eigenvalue weighted by molar-refractivity contribution is 5.30. The lowest BCUT2D eigenvalue weighted by Crippen LogP contribution is -2.22. The van der Waals surface area contributed by atoms with E-state index in [1.807, 2.05) is 30.5 Å². The summed E-state index contributed by atoms with van der Waals surface area (Å²) in [6, 6.07) is 14.3. The lowest BCUT2D eigenvalue weighted by Gasteiger charge is -2.19. The van der Waals surface area contributed by atoms with Crippen LogP contribution in [0, 0.1) is 5.82 Å². The first kappa shape index (κ1) is 15.4. The Bertz CT molecular complexity index is 738. The molecule has 0 aliphatic carbocycles. The average molecular weight is 310 g/mol. The monoisotopic (exact) mass is 310 g/mol. The van der Waals surface area contributed by atoms with Gasteiger partial charge in [-0.25, -0.2) is 4.39 Å². The predicted octanol–water partition coefficient (Wildman–Crippen LogP) is 4.26. The first-order valence-corrected chi connectivity index (χ1v) is 7.72. The molecule has 1 unspecified atom stereocenters. The topological polar surface area (TPSA) is 38.1 Å². The molecule has 1 N–H and O–H groups in total. The van der Waals surface area contributed by atoms with Crippen molar-refractivity contribution in [2.45, 2.75) is 25.9 Å². The molecule has 0 fully saturated rings. The number of pyridine rings is 1. The molecule has 3 nitrogen and oxygen atoms in total. The molecule has 0 saturated carbocycles. The average Bonchev–Trinajstić information content (AvgIpc) is 3.06. The van der Waals surface area contributed by atoms with E-state index in [1.54, 1.807) is 18.3 Å². The highest BCUT2D eigenvalue weighted by Crippen LogP contribution is 2.22. The molecule has 0 spiro atoms. The highest BCUT2D eigenvalue weighted by Gasteiger charge is 2.14. The maximum absolute atomic E-state index is 13.2. The van der Waals surface area contributed by atoms with Gasteiger partial charge in [-0.05, 0) is 41.5 Å². The van der Waals surface area contributed by atoms with Crippen LogP contribution in [-0.2, 0) is 13.0 Å². The van der Waals surface area contributed by atoms with E-state index in [0.29, 0.717) is 6.54 Å². The van der Waals surface area contributed by atoms with Gasteiger partial charge in [0.15, 0.2) is 0 Å². The molecule has 0 radical (unpaired) electrons. The van der Waals surface area contributed by atoms with Gasteiger partial charge in [0.1, 0.15) is 17.3 Å². The summed E-state index contributed by atoms with van der Waals surface area (Å²) < 4.78 is 18.9. The van der Waals surface area contributed by atoms with Crippen LogP contribution in [0.2, 0.25) is 0 Å². The third kappa shape index (κ3) is 3.85. The third-order valence-electron chi connectivity index (χ3n) is 3.77. The summed E-state index contributed by atoms with van der Waals surface area (Å²) in [6.07, 6.45) is 4.44. The Hall–Kier alpha value is -2.46. The maximum atomic E-state index is 13.2. The fourth-order valence-corrected chi connectivity index (χ4v) is 2.54. The minimum absolute atomic E-state index is 0.0699. The van der Waals surface area contributed by atoms with Crippen molar-refractivity contribution in [1.82, 2.24) is 10.3 Å². The Morgan fingerprint density at radius 1 is 1.04 bits per heavy atom. The van der Waals surface area contributed by atoms with Crippen molar-refractivity contribution < 1.29 is 8.81 Å². The molecular formula is C19H19FN2O. The van der Waals surface area contributed by atoms with E-state index < -0.39 is 0 Å². The van der Waals surface area contributed by atoms with Crippen LogP contribution in [0.4, 0.5) is 4.39 Å². The number of nitrogens with zero attached hydrogens (tertiary/aromatic N) is 1. The van der Waals surface area contributed by atoms with E-state index in [9.17, 15) is 4.39 Å². The number of furan rings is 1. The molecular weight excluding hydrogens is 291 g/mol. The summed E-state index contributed by atoms with van der Waals surface area (Å²) in [6.45, 7) is 2.66. The highest BCUT2D eigenvalue weighted by atomic mass is 19.1. The lowest BCUT2D eigenvalue weighted by molar-refractivity contribution is 0.440. The van der Waals surface area contributed by atoms with Gasteiger partial charge in [-0.15, -0.1) is 0 Å². The molecule has 1 aromatic carbocycles. The van der Waals surface area contributed by atoms with Crippen molar-refractivity contribution in [1.29, 1.82) is 0 Å². The van der Waals surface area contributed by atoms with Crippen molar-refractivity contribution in [3.8, 4) is 0 Å². The van der Waals surface area contributed by atoms with Gasteiger partial charge in [0.2, 0.25) is 0 Å². The minimum Gasteiger partial charge on any atom is -0.465 e. The molecule has 1 atom stereocenters. The predicted molar refractivity (Wildman–Crippen MR) is 87.4 cm³/mol. The molecule has 2 aromatic heterocycles. The second-order valence-corrected chi connectivity index (χ2v) is 5.37. The number of halogens is 1. The van der Waals surface area contributed by atoms with E-state index in [0.717, 1.165) is 29.1 Å². The van der Waals surface area contributed by atoms with Crippen LogP contribution < -0.4 is 5.32 Å². The van der Waals surface area contributed by atoms with Crippen LogP contribution in [-0.4, -0.2) is 4.98 Å². The quantitative estimate of drug-likeness (QED) is 0.739. The van der Waals surface area contributed by atoms with Gasteiger partial charge in [0, 0.05) is 18.8 Å². The van der Waals surface area contributed by atoms with E-state index in [2.05, 4.69) is 17.2 Å². The van der Waals surface area contributed by atoms with Crippen molar-refractivity contribution in [2.75, 3.05) is 0 Å². The zero-order chi connectivity index (χ0) is 16.1. The van der Waals surface area contributed by atoms with Crippen LogP contribution in [0.3, 0.4) is 0 Å². The van der Waals surface area contributed by atoms with Gasteiger partial charge in [-0.2, -0.15) is 0 Å². The molecule has 3 aromatic rings. The smallest absolute Gasteiger partial charge is 0.123 e. The number of aryl methyl sites for hydroxylation is 1. The second-order valence-electron chi connectivity index (χ2n) is 5.37. The lowest BCUT2D eigenvalue weighted by atomic mass is 10.00. The Morgan fingerprint density at radius 3 is 2.48 bits per heavy atom. The summed E-state index contributed by atoms with van der Waals surface area (Å²) in [5, 5.41) is 3.47. The third-order valence-corrected chi connectivity index (χ3v) is 3.77. The van der Waals surface area contributed by atoms with E-state index in [4.69, 9.17) is 4.42 Å². The normalized spacial score (nSPS) is 12.3. The molecule has 4 heteroatoms. The van der Waals surface area contributed by atoms with Crippen LogP contribution in [0.15, 0.2) is 65.3 Å². The molecule has 23 heavy (non-hydrogen) atoms. The van der Waals surface area contributed by atoms with Crippen molar-refractivity contribution in [2.24, 2.45) is 0 Å². The van der Waals surface area contributed by atoms with Gasteiger partial charge in [0.25, 0.3) is 0 Å². The molecule has 2 heterocycles. The second kappa shape index (κ2) is 7.20. The molecule has 118 valence electrons. The van der Waals surface area contributed by atoms with Crippen LogP contribution in [0.5, 0.6) is 0 Å². The van der Waals surface area contributed by atoms with Gasteiger partial charge in [0.05, 0.1) is 12.6 Å². The minimum atomic E-state index is -0.239. The van der Waals surface area contributed by atoms with Crippen LogP contribution >= 0.6 is 0 Å². The zero-order valence-electron chi connectivity index (χ0n) is 13.0. The molecule has 0 aliphatic rings. The Balaban J connectivity index is 1.81.